The Bertz CT molecular complexity index is 814. The molecule has 0 unspecified atom stereocenters. The maximum atomic E-state index is 10.9. The Balaban J connectivity index is 2.13. The Morgan fingerprint density at radius 2 is 1.95 bits per heavy atom. The van der Waals surface area contributed by atoms with Crippen molar-refractivity contribution in [2.45, 2.75) is 0 Å². The van der Waals surface area contributed by atoms with Crippen LogP contribution in [-0.2, 0) is 0 Å². The fourth-order valence-electron chi connectivity index (χ4n) is 2.13. The van der Waals surface area contributed by atoms with Gasteiger partial charge in [0, 0.05) is 22.2 Å². The summed E-state index contributed by atoms with van der Waals surface area (Å²) in [5, 5.41) is 10.4. The number of rotatable bonds is 2. The van der Waals surface area contributed by atoms with E-state index >= 15 is 0 Å². The number of benzene rings is 2. The van der Waals surface area contributed by atoms with E-state index in [9.17, 15) is 4.79 Å². The molecule has 0 fully saturated rings. The molecular weight excluding hydrogens is 274 g/mol. The zero-order valence-corrected chi connectivity index (χ0v) is 11.1. The highest BCUT2D eigenvalue weighted by Gasteiger charge is 2.09. The van der Waals surface area contributed by atoms with Crippen LogP contribution in [0.3, 0.4) is 0 Å². The molecule has 0 atom stereocenters. The van der Waals surface area contributed by atoms with Gasteiger partial charge in [0.05, 0.1) is 11.1 Å². The summed E-state index contributed by atoms with van der Waals surface area (Å²) in [6.07, 6.45) is 1.75. The van der Waals surface area contributed by atoms with E-state index in [-0.39, 0.29) is 5.56 Å². The molecule has 0 aliphatic heterocycles. The Morgan fingerprint density at radius 1 is 1.10 bits per heavy atom. The van der Waals surface area contributed by atoms with Gasteiger partial charge >= 0.3 is 5.97 Å². The van der Waals surface area contributed by atoms with Crippen molar-refractivity contribution in [2.24, 2.45) is 0 Å². The van der Waals surface area contributed by atoms with Gasteiger partial charge in [0.25, 0.3) is 0 Å². The molecule has 0 aliphatic carbocycles. The number of nitrogens with zero attached hydrogens (tertiary/aromatic N) is 1. The summed E-state index contributed by atoms with van der Waals surface area (Å²) >= 11 is 6.18. The molecule has 0 bridgehead atoms. The predicted octanol–water partition coefficient (Wildman–Crippen LogP) is 4.25. The van der Waals surface area contributed by atoms with E-state index in [2.05, 4.69) is 4.98 Å². The molecule has 1 heterocycles. The number of aromatic nitrogens is 1. The fourth-order valence-corrected chi connectivity index (χ4v) is 2.42. The smallest absolute Gasteiger partial charge is 0.335 e. The van der Waals surface area contributed by atoms with E-state index in [4.69, 9.17) is 16.7 Å². The van der Waals surface area contributed by atoms with Gasteiger partial charge in [0.2, 0.25) is 0 Å². The van der Waals surface area contributed by atoms with Gasteiger partial charge in [-0.1, -0.05) is 29.8 Å². The Kier molecular flexibility index (Phi) is 3.12. The summed E-state index contributed by atoms with van der Waals surface area (Å²) in [4.78, 5) is 15.2. The van der Waals surface area contributed by atoms with E-state index in [1.165, 1.54) is 6.07 Å². The second kappa shape index (κ2) is 4.94. The van der Waals surface area contributed by atoms with Crippen LogP contribution in [0.5, 0.6) is 0 Å². The molecule has 4 heteroatoms. The van der Waals surface area contributed by atoms with Gasteiger partial charge in [-0.3, -0.25) is 4.98 Å². The molecule has 0 saturated heterocycles. The number of aromatic carboxylic acids is 1. The molecule has 98 valence electrons. The number of pyridine rings is 1. The maximum Gasteiger partial charge on any atom is 0.335 e. The van der Waals surface area contributed by atoms with Crippen molar-refractivity contribution < 1.29 is 9.90 Å². The van der Waals surface area contributed by atoms with Crippen molar-refractivity contribution in [1.29, 1.82) is 0 Å². The second-order valence-electron chi connectivity index (χ2n) is 4.41. The fraction of sp³-hybridized carbons (Fsp3) is 0. The average molecular weight is 284 g/mol. The first-order valence-electron chi connectivity index (χ1n) is 6.03. The molecule has 20 heavy (non-hydrogen) atoms. The normalized spacial score (nSPS) is 10.7. The molecular formula is C16H10ClNO2. The van der Waals surface area contributed by atoms with Crippen LogP contribution in [0.25, 0.3) is 22.0 Å². The number of carbonyl (C=O) groups is 1. The molecule has 2 aromatic carbocycles. The first-order chi connectivity index (χ1) is 9.65. The van der Waals surface area contributed by atoms with Crippen LogP contribution < -0.4 is 0 Å². The minimum absolute atomic E-state index is 0.182. The van der Waals surface area contributed by atoms with Crippen LogP contribution in [0.4, 0.5) is 0 Å². The second-order valence-corrected chi connectivity index (χ2v) is 4.82. The molecule has 0 saturated carbocycles. The van der Waals surface area contributed by atoms with Crippen molar-refractivity contribution >= 4 is 28.5 Å². The summed E-state index contributed by atoms with van der Waals surface area (Å²) in [6.45, 7) is 0. The Labute approximate surface area is 120 Å². The number of hydrogen-bond donors (Lipinski definition) is 1. The highest BCUT2D eigenvalue weighted by Crippen LogP contribution is 2.30. The molecule has 3 nitrogen and oxygen atoms in total. The van der Waals surface area contributed by atoms with Crippen LogP contribution >= 0.6 is 11.6 Å². The highest BCUT2D eigenvalue weighted by molar-refractivity contribution is 6.33. The lowest BCUT2D eigenvalue weighted by Crippen LogP contribution is -1.96. The average Bonchev–Trinajstić information content (AvgIpc) is 2.46. The highest BCUT2D eigenvalue weighted by atomic mass is 35.5. The van der Waals surface area contributed by atoms with Crippen LogP contribution in [0.1, 0.15) is 10.4 Å². The monoisotopic (exact) mass is 283 g/mol. The lowest BCUT2D eigenvalue weighted by Gasteiger charge is -2.07. The van der Waals surface area contributed by atoms with Gasteiger partial charge in [-0.2, -0.15) is 0 Å². The summed E-state index contributed by atoms with van der Waals surface area (Å²) in [5.74, 6) is -0.985. The van der Waals surface area contributed by atoms with Crippen molar-refractivity contribution in [3.05, 3.63) is 65.3 Å². The summed E-state index contributed by atoms with van der Waals surface area (Å²) in [6, 6.07) is 14.4. The molecule has 1 aromatic heterocycles. The van der Waals surface area contributed by atoms with Gasteiger partial charge in [-0.25, -0.2) is 4.79 Å². The standard InChI is InChI=1S/C16H10ClNO2/c17-14-9-12(16(19)20)3-5-13(14)10-4-6-15-11(8-10)2-1-7-18-15/h1-9H,(H,19,20). The quantitative estimate of drug-likeness (QED) is 0.765. The van der Waals surface area contributed by atoms with Crippen LogP contribution in [0, 0.1) is 0 Å². The summed E-state index contributed by atoms with van der Waals surface area (Å²) in [7, 11) is 0. The van der Waals surface area contributed by atoms with Gasteiger partial charge in [-0.15, -0.1) is 0 Å². The number of hydrogen-bond acceptors (Lipinski definition) is 2. The van der Waals surface area contributed by atoms with Gasteiger partial charge < -0.3 is 5.11 Å². The first kappa shape index (κ1) is 12.6. The minimum Gasteiger partial charge on any atom is -0.478 e. The Morgan fingerprint density at radius 3 is 2.70 bits per heavy atom. The van der Waals surface area contributed by atoms with Gasteiger partial charge in [0.1, 0.15) is 0 Å². The predicted molar refractivity (Wildman–Crippen MR) is 79.1 cm³/mol. The minimum atomic E-state index is -0.985. The van der Waals surface area contributed by atoms with Crippen LogP contribution in [0.15, 0.2) is 54.7 Å². The molecule has 0 amide bonds. The van der Waals surface area contributed by atoms with E-state index in [1.807, 2.05) is 30.3 Å². The SMILES string of the molecule is O=C(O)c1ccc(-c2ccc3ncccc3c2)c(Cl)c1. The number of halogens is 1. The molecule has 0 aliphatic rings. The lowest BCUT2D eigenvalue weighted by atomic mass is 10.0. The third-order valence-corrected chi connectivity index (χ3v) is 3.44. The maximum absolute atomic E-state index is 10.9. The summed E-state index contributed by atoms with van der Waals surface area (Å²) in [5.41, 5.74) is 2.84. The lowest BCUT2D eigenvalue weighted by molar-refractivity contribution is 0.0697. The number of carboxylic acids is 1. The third-order valence-electron chi connectivity index (χ3n) is 3.13. The Hall–Kier alpha value is -2.39. The van der Waals surface area contributed by atoms with Gasteiger partial charge in [-0.05, 0) is 35.9 Å². The van der Waals surface area contributed by atoms with Crippen molar-refractivity contribution in [2.75, 3.05) is 0 Å². The molecule has 0 spiro atoms. The molecule has 1 N–H and O–H groups in total. The van der Waals surface area contributed by atoms with Crippen molar-refractivity contribution in [3.63, 3.8) is 0 Å². The zero-order chi connectivity index (χ0) is 14.1. The summed E-state index contributed by atoms with van der Waals surface area (Å²) < 4.78 is 0. The number of carboxylic acid groups (broad SMARTS) is 1. The molecule has 3 rings (SSSR count). The van der Waals surface area contributed by atoms with E-state index in [0.717, 1.165) is 22.0 Å². The molecule has 3 aromatic rings. The van der Waals surface area contributed by atoms with Crippen molar-refractivity contribution in [3.8, 4) is 11.1 Å². The first-order valence-corrected chi connectivity index (χ1v) is 6.41. The van der Waals surface area contributed by atoms with E-state index in [1.54, 1.807) is 18.3 Å². The largest absolute Gasteiger partial charge is 0.478 e. The van der Waals surface area contributed by atoms with Crippen LogP contribution in [-0.4, -0.2) is 16.1 Å². The third kappa shape index (κ3) is 2.24. The molecule has 0 radical (unpaired) electrons. The zero-order valence-electron chi connectivity index (χ0n) is 10.4. The topological polar surface area (TPSA) is 50.2 Å². The van der Waals surface area contributed by atoms with E-state index in [0.29, 0.717) is 5.02 Å². The van der Waals surface area contributed by atoms with E-state index < -0.39 is 5.97 Å². The van der Waals surface area contributed by atoms with Gasteiger partial charge in [0.15, 0.2) is 0 Å². The van der Waals surface area contributed by atoms with Crippen LogP contribution in [0.2, 0.25) is 5.02 Å². The number of fused-ring (bicyclic) bond motifs is 1. The van der Waals surface area contributed by atoms with Crippen molar-refractivity contribution in [1.82, 2.24) is 4.98 Å².